The fraction of sp³-hybridized carbons (Fsp3) is 0. The average Bonchev–Trinajstić information content (AvgIpc) is 2.33. The van der Waals surface area contributed by atoms with Crippen molar-refractivity contribution in [3.63, 3.8) is 0 Å². The van der Waals surface area contributed by atoms with E-state index in [-0.39, 0.29) is 0 Å². The number of anilines is 1. The van der Waals surface area contributed by atoms with Gasteiger partial charge in [0.15, 0.2) is 6.29 Å². The molecule has 2 nitrogen and oxygen atoms in total. The van der Waals surface area contributed by atoms with Crippen molar-refractivity contribution < 1.29 is 4.79 Å². The van der Waals surface area contributed by atoms with Gasteiger partial charge in [-0.05, 0) is 27.6 Å². The summed E-state index contributed by atoms with van der Waals surface area (Å²) in [4.78, 5) is 10.9. The molecule has 16 heavy (non-hydrogen) atoms. The zero-order chi connectivity index (χ0) is 11.5. The number of para-hydroxylation sites is 1. The molecule has 0 fully saturated rings. The predicted molar refractivity (Wildman–Crippen MR) is 69.4 cm³/mol. The SMILES string of the molecule is Nc1c(Br)cccc1-c1ccccc1C=O. The number of rotatable bonds is 2. The molecule has 0 amide bonds. The van der Waals surface area contributed by atoms with Crippen molar-refractivity contribution in [1.82, 2.24) is 0 Å². The van der Waals surface area contributed by atoms with Gasteiger partial charge in [0.2, 0.25) is 0 Å². The number of benzene rings is 2. The smallest absolute Gasteiger partial charge is 0.150 e. The first-order valence-electron chi connectivity index (χ1n) is 4.82. The standard InChI is InChI=1S/C13H10BrNO/c14-12-7-3-6-11(13(12)15)10-5-2-1-4-9(10)8-16/h1-8H,15H2. The maximum absolute atomic E-state index is 10.9. The van der Waals surface area contributed by atoms with Gasteiger partial charge in [-0.1, -0.05) is 36.4 Å². The molecule has 3 heteroatoms. The molecule has 0 aromatic heterocycles. The van der Waals surface area contributed by atoms with Crippen LogP contribution in [0.15, 0.2) is 46.9 Å². The Balaban J connectivity index is 2.67. The Morgan fingerprint density at radius 2 is 1.69 bits per heavy atom. The van der Waals surface area contributed by atoms with Crippen LogP contribution in [0.1, 0.15) is 10.4 Å². The Hall–Kier alpha value is -1.61. The molecule has 0 bridgehead atoms. The molecule has 0 aliphatic rings. The lowest BCUT2D eigenvalue weighted by Crippen LogP contribution is -1.94. The van der Waals surface area contributed by atoms with Crippen LogP contribution < -0.4 is 5.73 Å². The highest BCUT2D eigenvalue weighted by molar-refractivity contribution is 9.10. The summed E-state index contributed by atoms with van der Waals surface area (Å²) < 4.78 is 0.839. The number of hydrogen-bond acceptors (Lipinski definition) is 2. The quantitative estimate of drug-likeness (QED) is 0.673. The van der Waals surface area contributed by atoms with Crippen LogP contribution >= 0.6 is 15.9 Å². The van der Waals surface area contributed by atoms with Gasteiger partial charge in [0.05, 0.1) is 5.69 Å². The summed E-state index contributed by atoms with van der Waals surface area (Å²) in [6, 6.07) is 13.1. The van der Waals surface area contributed by atoms with E-state index in [1.165, 1.54) is 0 Å². The third kappa shape index (κ3) is 1.86. The van der Waals surface area contributed by atoms with Crippen LogP contribution in [-0.4, -0.2) is 6.29 Å². The summed E-state index contributed by atoms with van der Waals surface area (Å²) >= 11 is 3.38. The zero-order valence-electron chi connectivity index (χ0n) is 8.48. The number of aldehydes is 1. The van der Waals surface area contributed by atoms with E-state index in [1.807, 2.05) is 36.4 Å². The third-order valence-corrected chi connectivity index (χ3v) is 3.12. The molecule has 2 aromatic carbocycles. The van der Waals surface area contributed by atoms with Gasteiger partial charge >= 0.3 is 0 Å². The number of nitrogens with two attached hydrogens (primary N) is 1. The van der Waals surface area contributed by atoms with Gasteiger partial charge in [0.25, 0.3) is 0 Å². The molecular formula is C13H10BrNO. The van der Waals surface area contributed by atoms with Crippen LogP contribution in [0, 0.1) is 0 Å². The van der Waals surface area contributed by atoms with Crippen LogP contribution in [0.3, 0.4) is 0 Å². The van der Waals surface area contributed by atoms with Crippen molar-refractivity contribution in [2.75, 3.05) is 5.73 Å². The minimum absolute atomic E-state index is 0.646. The summed E-state index contributed by atoms with van der Waals surface area (Å²) in [5, 5.41) is 0. The van der Waals surface area contributed by atoms with Crippen LogP contribution in [0.25, 0.3) is 11.1 Å². The highest BCUT2D eigenvalue weighted by atomic mass is 79.9. The number of carbonyl (C=O) groups excluding carboxylic acids is 1. The van der Waals surface area contributed by atoms with E-state index in [9.17, 15) is 4.79 Å². The molecule has 0 aliphatic heterocycles. The monoisotopic (exact) mass is 275 g/mol. The molecule has 2 aromatic rings. The Morgan fingerprint density at radius 1 is 1.00 bits per heavy atom. The highest BCUT2D eigenvalue weighted by Crippen LogP contribution is 2.32. The van der Waals surface area contributed by atoms with Gasteiger partial charge in [-0.15, -0.1) is 0 Å². The van der Waals surface area contributed by atoms with Gasteiger partial charge < -0.3 is 5.73 Å². The largest absolute Gasteiger partial charge is 0.397 e. The lowest BCUT2D eigenvalue weighted by Gasteiger charge is -2.09. The Kier molecular flexibility index (Phi) is 3.06. The summed E-state index contributed by atoms with van der Waals surface area (Å²) in [6.07, 6.45) is 0.843. The van der Waals surface area contributed by atoms with Gasteiger partial charge in [-0.3, -0.25) is 4.79 Å². The molecular weight excluding hydrogens is 266 g/mol. The Morgan fingerprint density at radius 3 is 2.44 bits per heavy atom. The Labute approximate surface area is 102 Å². The molecule has 0 saturated heterocycles. The van der Waals surface area contributed by atoms with Crippen molar-refractivity contribution in [2.45, 2.75) is 0 Å². The number of hydrogen-bond donors (Lipinski definition) is 1. The van der Waals surface area contributed by atoms with Gasteiger partial charge in [0, 0.05) is 15.6 Å². The van der Waals surface area contributed by atoms with Crippen LogP contribution in [-0.2, 0) is 0 Å². The van der Waals surface area contributed by atoms with Crippen molar-refractivity contribution in [1.29, 1.82) is 0 Å². The van der Waals surface area contributed by atoms with Crippen molar-refractivity contribution in [2.24, 2.45) is 0 Å². The third-order valence-electron chi connectivity index (χ3n) is 2.43. The van der Waals surface area contributed by atoms with Crippen LogP contribution in [0.2, 0.25) is 0 Å². The van der Waals surface area contributed by atoms with Crippen molar-refractivity contribution in [3.05, 3.63) is 52.5 Å². The van der Waals surface area contributed by atoms with Crippen molar-refractivity contribution >= 4 is 27.9 Å². The van der Waals surface area contributed by atoms with E-state index in [1.54, 1.807) is 6.07 Å². The Bertz CT molecular complexity index is 537. The van der Waals surface area contributed by atoms with E-state index in [4.69, 9.17) is 5.73 Å². The number of halogens is 1. The minimum atomic E-state index is 0.646. The predicted octanol–water partition coefficient (Wildman–Crippen LogP) is 3.51. The second kappa shape index (κ2) is 4.49. The first kappa shape index (κ1) is 10.9. The minimum Gasteiger partial charge on any atom is -0.397 e. The molecule has 80 valence electrons. The van der Waals surface area contributed by atoms with Crippen LogP contribution in [0.4, 0.5) is 5.69 Å². The molecule has 0 saturated carbocycles. The first-order chi connectivity index (χ1) is 7.74. The molecule has 0 heterocycles. The topological polar surface area (TPSA) is 43.1 Å². The van der Waals surface area contributed by atoms with E-state index in [0.717, 1.165) is 21.9 Å². The number of carbonyl (C=O) groups is 1. The van der Waals surface area contributed by atoms with Crippen LogP contribution in [0.5, 0.6) is 0 Å². The fourth-order valence-corrected chi connectivity index (χ4v) is 1.98. The van der Waals surface area contributed by atoms with Crippen molar-refractivity contribution in [3.8, 4) is 11.1 Å². The molecule has 2 N–H and O–H groups in total. The summed E-state index contributed by atoms with van der Waals surface area (Å²) in [7, 11) is 0. The second-order valence-corrected chi connectivity index (χ2v) is 4.26. The van der Waals surface area contributed by atoms with Gasteiger partial charge in [-0.2, -0.15) is 0 Å². The molecule has 0 unspecified atom stereocenters. The summed E-state index contributed by atoms with van der Waals surface area (Å²) in [6.45, 7) is 0. The second-order valence-electron chi connectivity index (χ2n) is 3.41. The lowest BCUT2D eigenvalue weighted by atomic mass is 9.99. The maximum Gasteiger partial charge on any atom is 0.150 e. The molecule has 0 aliphatic carbocycles. The molecule has 0 spiro atoms. The molecule has 0 radical (unpaired) electrons. The highest BCUT2D eigenvalue weighted by Gasteiger charge is 2.08. The summed E-state index contributed by atoms with van der Waals surface area (Å²) in [5.41, 5.74) is 9.00. The molecule has 0 atom stereocenters. The molecule has 2 rings (SSSR count). The zero-order valence-corrected chi connectivity index (χ0v) is 10.1. The fourth-order valence-electron chi connectivity index (χ4n) is 1.62. The van der Waals surface area contributed by atoms with Gasteiger partial charge in [-0.25, -0.2) is 0 Å². The number of nitrogen functional groups attached to an aromatic ring is 1. The van der Waals surface area contributed by atoms with E-state index < -0.39 is 0 Å². The van der Waals surface area contributed by atoms with E-state index in [0.29, 0.717) is 11.3 Å². The van der Waals surface area contributed by atoms with E-state index in [2.05, 4.69) is 15.9 Å². The maximum atomic E-state index is 10.9. The average molecular weight is 276 g/mol. The first-order valence-corrected chi connectivity index (χ1v) is 5.62. The normalized spacial score (nSPS) is 10.1. The van der Waals surface area contributed by atoms with Gasteiger partial charge in [0.1, 0.15) is 0 Å². The van der Waals surface area contributed by atoms with E-state index >= 15 is 0 Å². The lowest BCUT2D eigenvalue weighted by molar-refractivity contribution is 0.112. The summed E-state index contributed by atoms with van der Waals surface area (Å²) in [5.74, 6) is 0.